The summed E-state index contributed by atoms with van der Waals surface area (Å²) in [6.45, 7) is 4.10. The second kappa shape index (κ2) is 6.58. The highest BCUT2D eigenvalue weighted by molar-refractivity contribution is 6.32. The van der Waals surface area contributed by atoms with Crippen molar-refractivity contribution in [3.8, 4) is 5.75 Å². The van der Waals surface area contributed by atoms with Gasteiger partial charge in [-0.3, -0.25) is 4.79 Å². The molecule has 3 heteroatoms. The van der Waals surface area contributed by atoms with E-state index >= 15 is 0 Å². The maximum atomic E-state index is 11.2. The van der Waals surface area contributed by atoms with Gasteiger partial charge < -0.3 is 4.74 Å². The van der Waals surface area contributed by atoms with Gasteiger partial charge in [0.15, 0.2) is 5.78 Å². The normalized spacial score (nSPS) is 10.3. The summed E-state index contributed by atoms with van der Waals surface area (Å²) in [5.41, 5.74) is 2.99. The quantitative estimate of drug-likeness (QED) is 0.747. The van der Waals surface area contributed by atoms with Crippen LogP contribution in [0.1, 0.15) is 35.3 Å². The molecular weight excluding hydrogens is 272 g/mol. The van der Waals surface area contributed by atoms with Crippen molar-refractivity contribution in [2.24, 2.45) is 0 Å². The van der Waals surface area contributed by atoms with E-state index in [4.69, 9.17) is 16.3 Å². The van der Waals surface area contributed by atoms with Crippen molar-refractivity contribution in [1.82, 2.24) is 0 Å². The molecule has 0 aliphatic carbocycles. The number of carbonyl (C=O) groups is 1. The van der Waals surface area contributed by atoms with Gasteiger partial charge in [-0.25, -0.2) is 0 Å². The third kappa shape index (κ3) is 3.61. The van der Waals surface area contributed by atoms with Crippen LogP contribution in [0.15, 0.2) is 42.5 Å². The summed E-state index contributed by atoms with van der Waals surface area (Å²) in [5, 5.41) is 0.461. The van der Waals surface area contributed by atoms with E-state index in [0.29, 0.717) is 22.9 Å². The molecule has 0 atom stereocenters. The van der Waals surface area contributed by atoms with E-state index < -0.39 is 0 Å². The zero-order chi connectivity index (χ0) is 14.5. The van der Waals surface area contributed by atoms with Crippen molar-refractivity contribution in [1.29, 1.82) is 0 Å². The van der Waals surface area contributed by atoms with Gasteiger partial charge in [0, 0.05) is 5.56 Å². The van der Waals surface area contributed by atoms with Crippen LogP contribution in [0, 0.1) is 0 Å². The minimum atomic E-state index is -0.00592. The van der Waals surface area contributed by atoms with Gasteiger partial charge in [0.2, 0.25) is 0 Å². The Labute approximate surface area is 124 Å². The molecule has 0 aliphatic heterocycles. The molecule has 0 unspecified atom stereocenters. The molecule has 0 saturated carbocycles. The Hall–Kier alpha value is -1.80. The monoisotopic (exact) mass is 288 g/mol. The fourth-order valence-corrected chi connectivity index (χ4v) is 2.10. The highest BCUT2D eigenvalue weighted by atomic mass is 35.5. The van der Waals surface area contributed by atoms with Crippen molar-refractivity contribution >= 4 is 17.4 Å². The molecule has 0 saturated heterocycles. The Bertz CT molecular complexity index is 603. The fraction of sp³-hybridized carbons (Fsp3) is 0.235. The van der Waals surface area contributed by atoms with Crippen LogP contribution in [-0.4, -0.2) is 5.78 Å². The molecule has 0 radical (unpaired) electrons. The topological polar surface area (TPSA) is 26.3 Å². The highest BCUT2D eigenvalue weighted by Crippen LogP contribution is 2.26. The lowest BCUT2D eigenvalue weighted by Crippen LogP contribution is -1.98. The van der Waals surface area contributed by atoms with E-state index in [9.17, 15) is 4.79 Å². The number of ketones is 1. The second-order valence-electron chi connectivity index (χ2n) is 4.66. The Morgan fingerprint density at radius 3 is 2.30 bits per heavy atom. The summed E-state index contributed by atoms with van der Waals surface area (Å²) in [7, 11) is 0. The highest BCUT2D eigenvalue weighted by Gasteiger charge is 2.06. The lowest BCUT2D eigenvalue weighted by atomic mass is 10.1. The summed E-state index contributed by atoms with van der Waals surface area (Å²) in [6, 6.07) is 13.4. The molecule has 0 aliphatic rings. The first-order valence-electron chi connectivity index (χ1n) is 6.61. The van der Waals surface area contributed by atoms with Gasteiger partial charge in [0.1, 0.15) is 12.4 Å². The van der Waals surface area contributed by atoms with Crippen LogP contribution in [0.5, 0.6) is 5.75 Å². The molecule has 2 nitrogen and oxygen atoms in total. The molecule has 0 heterocycles. The molecule has 0 amide bonds. The fourth-order valence-electron chi connectivity index (χ4n) is 1.87. The Morgan fingerprint density at radius 2 is 1.75 bits per heavy atom. The molecule has 0 aromatic heterocycles. The lowest BCUT2D eigenvalue weighted by Gasteiger charge is -2.09. The van der Waals surface area contributed by atoms with Crippen LogP contribution < -0.4 is 4.74 Å². The van der Waals surface area contributed by atoms with Gasteiger partial charge >= 0.3 is 0 Å². The Morgan fingerprint density at radius 1 is 1.10 bits per heavy atom. The van der Waals surface area contributed by atoms with Crippen molar-refractivity contribution in [2.75, 3.05) is 0 Å². The van der Waals surface area contributed by atoms with Crippen LogP contribution in [0.3, 0.4) is 0 Å². The van der Waals surface area contributed by atoms with Crippen molar-refractivity contribution in [3.63, 3.8) is 0 Å². The summed E-state index contributed by atoms with van der Waals surface area (Å²) in [5.74, 6) is 0.588. The van der Waals surface area contributed by atoms with E-state index in [2.05, 4.69) is 31.2 Å². The Kier molecular flexibility index (Phi) is 4.80. The van der Waals surface area contributed by atoms with Crippen LogP contribution in [-0.2, 0) is 13.0 Å². The largest absolute Gasteiger partial charge is 0.487 e. The number of hydrogen-bond acceptors (Lipinski definition) is 2. The minimum Gasteiger partial charge on any atom is -0.487 e. The molecule has 104 valence electrons. The number of halogens is 1. The van der Waals surface area contributed by atoms with Crippen LogP contribution in [0.2, 0.25) is 5.02 Å². The predicted octanol–water partition coefficient (Wildman–Crippen LogP) is 4.68. The van der Waals surface area contributed by atoms with Gasteiger partial charge in [-0.05, 0) is 42.7 Å². The minimum absolute atomic E-state index is 0.00592. The van der Waals surface area contributed by atoms with E-state index in [0.717, 1.165) is 12.0 Å². The zero-order valence-corrected chi connectivity index (χ0v) is 12.4. The van der Waals surface area contributed by atoms with E-state index in [1.165, 1.54) is 12.5 Å². The van der Waals surface area contributed by atoms with Crippen LogP contribution >= 0.6 is 11.6 Å². The average molecular weight is 289 g/mol. The van der Waals surface area contributed by atoms with Gasteiger partial charge in [0.25, 0.3) is 0 Å². The molecular formula is C17H17ClO2. The van der Waals surface area contributed by atoms with Gasteiger partial charge in [-0.2, -0.15) is 0 Å². The third-order valence-electron chi connectivity index (χ3n) is 3.16. The summed E-state index contributed by atoms with van der Waals surface area (Å²) in [6.07, 6.45) is 1.03. The second-order valence-corrected chi connectivity index (χ2v) is 5.07. The average Bonchev–Trinajstić information content (AvgIpc) is 2.46. The molecule has 0 bridgehead atoms. The molecule has 0 N–H and O–H groups in total. The number of Topliss-reactive ketones (excluding diaryl/α,β-unsaturated/α-hetero) is 1. The number of aryl methyl sites for hydroxylation is 1. The molecule has 0 spiro atoms. The van der Waals surface area contributed by atoms with Gasteiger partial charge in [0.05, 0.1) is 5.02 Å². The summed E-state index contributed by atoms with van der Waals surface area (Å²) < 4.78 is 5.69. The van der Waals surface area contributed by atoms with Gasteiger partial charge in [-0.15, -0.1) is 0 Å². The van der Waals surface area contributed by atoms with Crippen LogP contribution in [0.25, 0.3) is 0 Å². The smallest absolute Gasteiger partial charge is 0.159 e. The van der Waals surface area contributed by atoms with Crippen LogP contribution in [0.4, 0.5) is 0 Å². The molecule has 2 aromatic carbocycles. The standard InChI is InChI=1S/C17H17ClO2/c1-3-13-4-6-14(7-5-13)11-20-17-9-8-15(12(2)19)10-16(17)18/h4-10H,3,11H2,1-2H3. The number of ether oxygens (including phenoxy) is 1. The molecule has 2 aromatic rings. The zero-order valence-electron chi connectivity index (χ0n) is 11.7. The SMILES string of the molecule is CCc1ccc(COc2ccc(C(C)=O)cc2Cl)cc1. The molecule has 0 fully saturated rings. The first-order valence-corrected chi connectivity index (χ1v) is 6.99. The summed E-state index contributed by atoms with van der Waals surface area (Å²) in [4.78, 5) is 11.2. The number of carbonyl (C=O) groups excluding carboxylic acids is 1. The van der Waals surface area contributed by atoms with E-state index in [1.54, 1.807) is 18.2 Å². The first kappa shape index (κ1) is 14.6. The maximum Gasteiger partial charge on any atom is 0.159 e. The van der Waals surface area contributed by atoms with E-state index in [-0.39, 0.29) is 5.78 Å². The number of benzene rings is 2. The number of hydrogen-bond donors (Lipinski definition) is 0. The van der Waals surface area contributed by atoms with Crippen molar-refractivity contribution in [2.45, 2.75) is 26.9 Å². The predicted molar refractivity (Wildman–Crippen MR) is 81.6 cm³/mol. The van der Waals surface area contributed by atoms with E-state index in [1.807, 2.05) is 0 Å². The number of rotatable bonds is 5. The first-order chi connectivity index (χ1) is 9.60. The third-order valence-corrected chi connectivity index (χ3v) is 3.46. The Balaban J connectivity index is 2.04. The molecule has 20 heavy (non-hydrogen) atoms. The maximum absolute atomic E-state index is 11.2. The van der Waals surface area contributed by atoms with Gasteiger partial charge in [-0.1, -0.05) is 42.8 Å². The van der Waals surface area contributed by atoms with Crippen molar-refractivity contribution in [3.05, 3.63) is 64.2 Å². The molecule has 2 rings (SSSR count). The lowest BCUT2D eigenvalue weighted by molar-refractivity contribution is 0.101. The summed E-state index contributed by atoms with van der Waals surface area (Å²) >= 11 is 6.11. The van der Waals surface area contributed by atoms with Crippen molar-refractivity contribution < 1.29 is 9.53 Å².